The van der Waals surface area contributed by atoms with Crippen LogP contribution in [0.5, 0.6) is 0 Å². The maximum atomic E-state index is 15.4. The van der Waals surface area contributed by atoms with Gasteiger partial charge in [-0.05, 0) is 82.9 Å². The number of carbonyl (C=O) groups excluding carboxylic acids is 6. The zero-order valence-electron chi connectivity index (χ0n) is 39.3. The number of amides is 6. The van der Waals surface area contributed by atoms with E-state index in [1.54, 1.807) is 19.1 Å². The van der Waals surface area contributed by atoms with Crippen LogP contribution in [-0.2, 0) is 50.2 Å². The van der Waals surface area contributed by atoms with Crippen molar-refractivity contribution in [3.63, 3.8) is 0 Å². The second kappa shape index (κ2) is 24.3. The summed E-state index contributed by atoms with van der Waals surface area (Å²) in [6, 6.07) is 10.1. The van der Waals surface area contributed by atoms with Crippen molar-refractivity contribution in [1.82, 2.24) is 26.2 Å². The lowest BCUT2D eigenvalue weighted by Crippen LogP contribution is -2.59. The molecule has 1 fully saturated rings. The van der Waals surface area contributed by atoms with Gasteiger partial charge in [-0.15, -0.1) is 0 Å². The van der Waals surface area contributed by atoms with Gasteiger partial charge in [-0.3, -0.25) is 33.6 Å². The fourth-order valence-corrected chi connectivity index (χ4v) is 8.69. The van der Waals surface area contributed by atoms with Gasteiger partial charge in [-0.25, -0.2) is 4.79 Å². The number of allylic oxidation sites excluding steroid dienone is 4. The van der Waals surface area contributed by atoms with Crippen molar-refractivity contribution in [1.29, 1.82) is 0 Å². The van der Waals surface area contributed by atoms with Gasteiger partial charge in [0.15, 0.2) is 0 Å². The molecule has 364 valence electrons. The van der Waals surface area contributed by atoms with E-state index in [1.807, 2.05) is 76.2 Å². The van der Waals surface area contributed by atoms with E-state index < -0.39 is 108 Å². The molecule has 2 aromatic carbocycles. The molecule has 0 spiro atoms. The highest BCUT2D eigenvalue weighted by molar-refractivity contribution is 5.96. The molecule has 67 heavy (non-hydrogen) atoms. The van der Waals surface area contributed by atoms with Crippen LogP contribution >= 0.6 is 0 Å². The van der Waals surface area contributed by atoms with E-state index in [-0.39, 0.29) is 38.1 Å². The number of rotatable bonds is 25. The van der Waals surface area contributed by atoms with Crippen molar-refractivity contribution in [2.75, 3.05) is 11.9 Å². The van der Waals surface area contributed by atoms with Gasteiger partial charge in [0.25, 0.3) is 0 Å². The first-order valence-corrected chi connectivity index (χ1v) is 22.9. The minimum atomic E-state index is -1.58. The van der Waals surface area contributed by atoms with E-state index in [0.717, 1.165) is 23.1 Å². The number of benzene rings is 2. The summed E-state index contributed by atoms with van der Waals surface area (Å²) in [7, 11) is 0. The summed E-state index contributed by atoms with van der Waals surface area (Å²) in [5.74, 6) is -8.34. The molecule has 9 atom stereocenters. The molecule has 4 rings (SSSR count). The number of anilines is 1. The van der Waals surface area contributed by atoms with Gasteiger partial charge >= 0.3 is 11.9 Å². The van der Waals surface area contributed by atoms with E-state index in [0.29, 0.717) is 24.1 Å². The van der Waals surface area contributed by atoms with Gasteiger partial charge in [0.1, 0.15) is 30.3 Å². The molecular formula is C49H68N8O10. The minimum absolute atomic E-state index is 0.0429. The lowest BCUT2D eigenvalue weighted by atomic mass is 9.69. The van der Waals surface area contributed by atoms with Crippen LogP contribution in [-0.4, -0.2) is 105 Å². The predicted octanol–water partition coefficient (Wildman–Crippen LogP) is 3.01. The Hall–Kier alpha value is -6.56. The molecular weight excluding hydrogens is 861 g/mol. The number of nitrogens with two attached hydrogens (primary N) is 2. The molecule has 0 aromatic heterocycles. The number of carboxylic acid groups (broad SMARTS) is 2. The fourth-order valence-electron chi connectivity index (χ4n) is 8.69. The highest BCUT2D eigenvalue weighted by atomic mass is 16.4. The molecule has 2 heterocycles. The Morgan fingerprint density at radius 1 is 0.806 bits per heavy atom. The Morgan fingerprint density at radius 2 is 1.45 bits per heavy atom. The number of carbonyl (C=O) groups is 8. The van der Waals surface area contributed by atoms with Crippen LogP contribution in [0.4, 0.5) is 5.69 Å². The SMILES string of the molecule is CC[C@H](C)[C@H](NC(=O)[C@@H](C)N)C(=O)N[C@@H](Cc1ccccc1)C(=O)N1C[C@H](C(=O)N[C@@H](CCC(=O)O)C(=O)N[C@@H](CCC(N)=O)C(=O)O)[C@]2(C/C=C(/C)CCC=C(C)C)c3ccccc3N[C@H]12. The first-order valence-electron chi connectivity index (χ1n) is 22.9. The van der Waals surface area contributed by atoms with Gasteiger partial charge in [0.2, 0.25) is 35.4 Å². The zero-order chi connectivity index (χ0) is 49.6. The summed E-state index contributed by atoms with van der Waals surface area (Å²) in [6.45, 7) is 11.0. The summed E-state index contributed by atoms with van der Waals surface area (Å²) >= 11 is 0. The van der Waals surface area contributed by atoms with Crippen molar-refractivity contribution in [2.45, 2.75) is 141 Å². The Labute approximate surface area is 392 Å². The average Bonchev–Trinajstić information content (AvgIpc) is 3.78. The second-order valence-electron chi connectivity index (χ2n) is 18.1. The molecule has 0 radical (unpaired) electrons. The Balaban J connectivity index is 1.85. The maximum Gasteiger partial charge on any atom is 0.326 e. The van der Waals surface area contributed by atoms with Crippen LogP contribution in [0.1, 0.15) is 104 Å². The van der Waals surface area contributed by atoms with Gasteiger partial charge in [0, 0.05) is 31.5 Å². The quantitative estimate of drug-likeness (QED) is 0.0650. The number of likely N-dealkylation sites (tertiary alicyclic amines) is 1. The van der Waals surface area contributed by atoms with E-state index in [4.69, 9.17) is 11.5 Å². The average molecular weight is 929 g/mol. The topological polar surface area (TPSA) is 292 Å². The maximum absolute atomic E-state index is 15.4. The van der Waals surface area contributed by atoms with Crippen molar-refractivity contribution >= 4 is 53.1 Å². The number of hydrogen-bond acceptors (Lipinski definition) is 10. The molecule has 2 aromatic rings. The molecule has 18 nitrogen and oxygen atoms in total. The van der Waals surface area contributed by atoms with Crippen LogP contribution in [0.2, 0.25) is 0 Å². The Kier molecular flexibility index (Phi) is 19.2. The predicted molar refractivity (Wildman–Crippen MR) is 252 cm³/mol. The third kappa shape index (κ3) is 14.0. The number of primary amides is 1. The molecule has 2 aliphatic heterocycles. The van der Waals surface area contributed by atoms with Crippen molar-refractivity contribution in [3.8, 4) is 0 Å². The third-order valence-electron chi connectivity index (χ3n) is 12.7. The third-order valence-corrected chi connectivity index (χ3v) is 12.7. The van der Waals surface area contributed by atoms with Crippen LogP contribution in [0, 0.1) is 11.8 Å². The van der Waals surface area contributed by atoms with Crippen LogP contribution in [0.15, 0.2) is 77.9 Å². The van der Waals surface area contributed by atoms with E-state index in [1.165, 1.54) is 11.8 Å². The largest absolute Gasteiger partial charge is 0.481 e. The van der Waals surface area contributed by atoms with Crippen LogP contribution < -0.4 is 38.1 Å². The van der Waals surface area contributed by atoms with Crippen molar-refractivity contribution in [3.05, 3.63) is 89.0 Å². The summed E-state index contributed by atoms with van der Waals surface area (Å²) in [5.41, 5.74) is 14.2. The van der Waals surface area contributed by atoms with Crippen LogP contribution in [0.25, 0.3) is 0 Å². The van der Waals surface area contributed by atoms with E-state index in [9.17, 15) is 39.0 Å². The number of nitrogens with zero attached hydrogens (tertiary/aromatic N) is 1. The Bertz CT molecular complexity index is 2190. The van der Waals surface area contributed by atoms with Gasteiger partial charge in [0.05, 0.1) is 17.4 Å². The molecule has 0 unspecified atom stereocenters. The standard InChI is InChI=1S/C49H68N8O10/c1-7-30(5)41(56-42(61)31(6)50)45(64)54-38(26-32-16-9-8-10-17-32)46(65)57-27-34(43(62)52-36(21-23-40(59)60)44(63)53-37(47(66)67)20-22-39(51)58)49(25-24-29(4)15-13-14-28(2)3)33-18-11-12-19-35(33)55-48(49)57/h8-12,14,16-19,24,30-31,34,36-38,41,48,55H,7,13,15,20-23,25-27,50H2,1-6H3,(H2,51,58)(H,52,62)(H,53,63)(H,54,64)(H,56,61)(H,59,60)(H,66,67)/b29-24-/t30-,31+,34+,36-,37-,38-,41-,48+,49-/m0/s1. The normalized spacial score (nSPS) is 20.0. The highest BCUT2D eigenvalue weighted by Gasteiger charge is 2.63. The first-order chi connectivity index (χ1) is 31.7. The molecule has 0 aliphatic carbocycles. The lowest BCUT2D eigenvalue weighted by Gasteiger charge is -2.36. The number of nitrogens with one attached hydrogen (secondary N) is 5. The molecule has 18 heteroatoms. The molecule has 1 saturated heterocycles. The van der Waals surface area contributed by atoms with E-state index >= 15 is 9.59 Å². The fraction of sp³-hybridized carbons (Fsp3) is 0.510. The molecule has 0 saturated carbocycles. The Morgan fingerprint density at radius 3 is 2.06 bits per heavy atom. The number of carboxylic acids is 2. The number of para-hydroxylation sites is 1. The van der Waals surface area contributed by atoms with Gasteiger partial charge in [-0.1, -0.05) is 92.1 Å². The molecule has 2 aliphatic rings. The van der Waals surface area contributed by atoms with Gasteiger partial charge < -0.3 is 53.2 Å². The van der Waals surface area contributed by atoms with E-state index in [2.05, 4.69) is 32.7 Å². The van der Waals surface area contributed by atoms with Crippen molar-refractivity contribution in [2.24, 2.45) is 23.3 Å². The van der Waals surface area contributed by atoms with Gasteiger partial charge in [-0.2, -0.15) is 0 Å². The smallest absolute Gasteiger partial charge is 0.326 e. The molecule has 6 amide bonds. The summed E-state index contributed by atoms with van der Waals surface area (Å²) in [4.78, 5) is 109. The summed E-state index contributed by atoms with van der Waals surface area (Å²) < 4.78 is 0. The number of aliphatic carboxylic acids is 2. The number of hydrogen-bond donors (Lipinski definition) is 9. The highest BCUT2D eigenvalue weighted by Crippen LogP contribution is 2.54. The monoisotopic (exact) mass is 929 g/mol. The molecule has 11 N–H and O–H groups in total. The molecule has 0 bridgehead atoms. The lowest BCUT2D eigenvalue weighted by molar-refractivity contribution is -0.143. The van der Waals surface area contributed by atoms with Crippen molar-refractivity contribution < 1.29 is 48.6 Å². The summed E-state index contributed by atoms with van der Waals surface area (Å²) in [5, 5.41) is 33.8. The minimum Gasteiger partial charge on any atom is -0.481 e. The zero-order valence-corrected chi connectivity index (χ0v) is 39.3. The first kappa shape index (κ1) is 53.1. The summed E-state index contributed by atoms with van der Waals surface area (Å²) in [6.07, 6.45) is 3.85. The van der Waals surface area contributed by atoms with Crippen LogP contribution in [0.3, 0.4) is 0 Å². The second-order valence-corrected chi connectivity index (χ2v) is 18.1. The number of fused-ring (bicyclic) bond motifs is 3.